The van der Waals surface area contributed by atoms with Crippen molar-refractivity contribution in [2.75, 3.05) is 0 Å². The Labute approximate surface area is 90.2 Å². The quantitative estimate of drug-likeness (QED) is 0.625. The van der Waals surface area contributed by atoms with Gasteiger partial charge in [0.2, 0.25) is 0 Å². The normalized spacial score (nSPS) is 14.3. The maximum atomic E-state index is 11.4. The van der Waals surface area contributed by atoms with Gasteiger partial charge in [0, 0.05) is 12.8 Å². The van der Waals surface area contributed by atoms with Gasteiger partial charge in [-0.25, -0.2) is 0 Å². The number of aliphatic carboxylic acids is 1. The summed E-state index contributed by atoms with van der Waals surface area (Å²) in [7, 11) is 0. The van der Waals surface area contributed by atoms with E-state index in [1.807, 2.05) is 13.8 Å². The van der Waals surface area contributed by atoms with Gasteiger partial charge >= 0.3 is 5.97 Å². The van der Waals surface area contributed by atoms with Gasteiger partial charge in [-0.05, 0) is 19.3 Å². The van der Waals surface area contributed by atoms with Gasteiger partial charge in [-0.15, -0.1) is 0 Å². The molecule has 0 saturated heterocycles. The topological polar surface area (TPSA) is 80.4 Å². The molecule has 4 nitrogen and oxygen atoms in total. The first-order valence-electron chi connectivity index (χ1n) is 5.00. The van der Waals surface area contributed by atoms with Crippen molar-refractivity contribution in [1.29, 1.82) is 0 Å². The second-order valence-corrected chi connectivity index (χ2v) is 3.97. The number of carboxylic acid groups (broad SMARTS) is 1. The van der Waals surface area contributed by atoms with Gasteiger partial charge < -0.3 is 10.8 Å². The molecule has 2 unspecified atom stereocenters. The average Bonchev–Trinajstić information content (AvgIpc) is 2.13. The van der Waals surface area contributed by atoms with Crippen molar-refractivity contribution in [2.45, 2.75) is 39.2 Å². The highest BCUT2D eigenvalue weighted by Crippen LogP contribution is 2.13. The van der Waals surface area contributed by atoms with Crippen LogP contribution in [0, 0.1) is 5.92 Å². The summed E-state index contributed by atoms with van der Waals surface area (Å²) in [6.45, 7) is 7.56. The molecule has 15 heavy (non-hydrogen) atoms. The first kappa shape index (κ1) is 13.8. The number of carboxylic acids is 1. The van der Waals surface area contributed by atoms with Crippen LogP contribution in [-0.4, -0.2) is 22.9 Å². The summed E-state index contributed by atoms with van der Waals surface area (Å²) in [4.78, 5) is 21.8. The van der Waals surface area contributed by atoms with Crippen LogP contribution in [0.25, 0.3) is 0 Å². The van der Waals surface area contributed by atoms with E-state index in [4.69, 9.17) is 10.8 Å². The Morgan fingerprint density at radius 3 is 2.40 bits per heavy atom. The third-order valence-electron chi connectivity index (χ3n) is 2.43. The number of Topliss-reactive ketones (excluding diaryl/α,β-unsaturated/α-hetero) is 1. The summed E-state index contributed by atoms with van der Waals surface area (Å²) in [6, 6.07) is -0.936. The van der Waals surface area contributed by atoms with Crippen LogP contribution in [0.3, 0.4) is 0 Å². The number of carbonyl (C=O) groups is 2. The number of nitrogens with two attached hydrogens (primary N) is 1. The number of allylic oxidation sites excluding steroid dienone is 1. The molecule has 0 amide bonds. The van der Waals surface area contributed by atoms with Crippen molar-refractivity contribution in [3.63, 3.8) is 0 Å². The Bertz CT molecular complexity index is 261. The number of carbonyl (C=O) groups excluding carboxylic acids is 1. The molecular formula is C11H19NO3. The lowest BCUT2D eigenvalue weighted by molar-refractivity contribution is -0.138. The molecule has 0 radical (unpaired) electrons. The smallest absolute Gasteiger partial charge is 0.320 e. The van der Waals surface area contributed by atoms with E-state index in [1.165, 1.54) is 0 Å². The predicted octanol–water partition coefficient (Wildman–Crippen LogP) is 1.35. The van der Waals surface area contributed by atoms with Gasteiger partial charge in [0.25, 0.3) is 0 Å². The van der Waals surface area contributed by atoms with Crippen LogP contribution in [0.1, 0.15) is 33.1 Å². The molecule has 0 aromatic heterocycles. The minimum Gasteiger partial charge on any atom is -0.480 e. The largest absolute Gasteiger partial charge is 0.480 e. The molecule has 0 spiro atoms. The maximum absolute atomic E-state index is 11.4. The summed E-state index contributed by atoms with van der Waals surface area (Å²) in [5.74, 6) is -0.864. The highest BCUT2D eigenvalue weighted by atomic mass is 16.4. The zero-order chi connectivity index (χ0) is 12.0. The molecule has 0 saturated carbocycles. The molecule has 3 N–H and O–H groups in total. The number of hydrogen-bond donors (Lipinski definition) is 2. The van der Waals surface area contributed by atoms with Crippen LogP contribution in [-0.2, 0) is 9.59 Å². The van der Waals surface area contributed by atoms with Crippen LogP contribution >= 0.6 is 0 Å². The Balaban J connectivity index is 3.85. The van der Waals surface area contributed by atoms with E-state index in [0.29, 0.717) is 6.42 Å². The predicted molar refractivity (Wildman–Crippen MR) is 58.4 cm³/mol. The second kappa shape index (κ2) is 6.35. The lowest BCUT2D eigenvalue weighted by Gasteiger charge is -2.10. The fourth-order valence-corrected chi connectivity index (χ4v) is 1.06. The van der Waals surface area contributed by atoms with Crippen LogP contribution in [0.5, 0.6) is 0 Å². The molecule has 0 aliphatic rings. The van der Waals surface area contributed by atoms with Gasteiger partial charge in [0.05, 0.1) is 0 Å². The lowest BCUT2D eigenvalue weighted by atomic mass is 9.95. The Hall–Kier alpha value is -1.16. The van der Waals surface area contributed by atoms with Gasteiger partial charge in [0.1, 0.15) is 11.8 Å². The molecule has 0 rings (SSSR count). The van der Waals surface area contributed by atoms with Crippen LogP contribution in [0.4, 0.5) is 0 Å². The summed E-state index contributed by atoms with van der Waals surface area (Å²) < 4.78 is 0. The zero-order valence-corrected chi connectivity index (χ0v) is 9.32. The first-order valence-corrected chi connectivity index (χ1v) is 5.00. The standard InChI is InChI=1S/C11H19NO3/c1-7(2)8(3)6-9(13)4-5-10(12)11(14)15/h8,10H,1,4-6,12H2,2-3H3,(H,14,15). The monoisotopic (exact) mass is 213 g/mol. The number of ketones is 1. The number of hydrogen-bond acceptors (Lipinski definition) is 3. The SMILES string of the molecule is C=C(C)C(C)CC(=O)CCC(N)C(=O)O. The molecule has 4 heteroatoms. The van der Waals surface area contributed by atoms with E-state index in [1.54, 1.807) is 0 Å². The minimum absolute atomic E-state index is 0.0437. The molecular weight excluding hydrogens is 194 g/mol. The van der Waals surface area contributed by atoms with E-state index in [2.05, 4.69) is 6.58 Å². The molecule has 0 aliphatic carbocycles. The van der Waals surface area contributed by atoms with E-state index >= 15 is 0 Å². The third kappa shape index (κ3) is 6.01. The van der Waals surface area contributed by atoms with Crippen molar-refractivity contribution in [2.24, 2.45) is 11.7 Å². The zero-order valence-electron chi connectivity index (χ0n) is 9.32. The molecule has 0 aromatic rings. The van der Waals surface area contributed by atoms with Gasteiger partial charge in [-0.1, -0.05) is 19.1 Å². The fraction of sp³-hybridized carbons (Fsp3) is 0.636. The van der Waals surface area contributed by atoms with E-state index in [9.17, 15) is 9.59 Å². The van der Waals surface area contributed by atoms with Crippen molar-refractivity contribution < 1.29 is 14.7 Å². The van der Waals surface area contributed by atoms with Crippen LogP contribution < -0.4 is 5.73 Å². The van der Waals surface area contributed by atoms with Crippen molar-refractivity contribution in [1.82, 2.24) is 0 Å². The lowest BCUT2D eigenvalue weighted by Crippen LogP contribution is -2.30. The summed E-state index contributed by atoms with van der Waals surface area (Å²) in [6.07, 6.45) is 0.851. The molecule has 0 aliphatic heterocycles. The summed E-state index contributed by atoms with van der Waals surface area (Å²) >= 11 is 0. The highest BCUT2D eigenvalue weighted by molar-refractivity contribution is 5.80. The van der Waals surface area contributed by atoms with Gasteiger partial charge in [-0.3, -0.25) is 9.59 Å². The third-order valence-corrected chi connectivity index (χ3v) is 2.43. The van der Waals surface area contributed by atoms with Crippen LogP contribution in [0.15, 0.2) is 12.2 Å². The molecule has 0 fully saturated rings. The van der Waals surface area contributed by atoms with Gasteiger partial charge in [-0.2, -0.15) is 0 Å². The van der Waals surface area contributed by atoms with Crippen LogP contribution in [0.2, 0.25) is 0 Å². The number of rotatable bonds is 7. The van der Waals surface area contributed by atoms with E-state index < -0.39 is 12.0 Å². The van der Waals surface area contributed by atoms with E-state index in [-0.39, 0.29) is 24.5 Å². The Morgan fingerprint density at radius 2 is 2.00 bits per heavy atom. The molecule has 0 heterocycles. The molecule has 0 bridgehead atoms. The first-order chi connectivity index (χ1) is 6.84. The molecule has 86 valence electrons. The van der Waals surface area contributed by atoms with Crippen molar-refractivity contribution >= 4 is 11.8 Å². The average molecular weight is 213 g/mol. The maximum Gasteiger partial charge on any atom is 0.320 e. The van der Waals surface area contributed by atoms with Crippen molar-refractivity contribution in [3.8, 4) is 0 Å². The minimum atomic E-state index is -1.06. The second-order valence-electron chi connectivity index (χ2n) is 3.97. The Morgan fingerprint density at radius 1 is 1.47 bits per heavy atom. The fourth-order valence-electron chi connectivity index (χ4n) is 1.06. The highest BCUT2D eigenvalue weighted by Gasteiger charge is 2.15. The van der Waals surface area contributed by atoms with Gasteiger partial charge in [0.15, 0.2) is 0 Å². The van der Waals surface area contributed by atoms with Crippen molar-refractivity contribution in [3.05, 3.63) is 12.2 Å². The molecule has 0 aromatic carbocycles. The summed E-state index contributed by atoms with van der Waals surface area (Å²) in [5, 5.41) is 8.51. The van der Waals surface area contributed by atoms with E-state index in [0.717, 1.165) is 5.57 Å². The Kier molecular flexibility index (Phi) is 5.86. The summed E-state index contributed by atoms with van der Waals surface area (Å²) in [5.41, 5.74) is 6.25. The molecule has 2 atom stereocenters.